The maximum Gasteiger partial charge on any atom is 0.257 e. The first kappa shape index (κ1) is 25.6. The van der Waals surface area contributed by atoms with Crippen LogP contribution in [-0.4, -0.2) is 71.7 Å². The average Bonchev–Trinajstić information content (AvgIpc) is 3.23. The number of aliphatic hydroxyl groups is 1. The molecular formula is C28H31ClN4O4. The van der Waals surface area contributed by atoms with E-state index in [-0.39, 0.29) is 24.1 Å². The Balaban J connectivity index is 1.54. The molecule has 0 atom stereocenters. The number of ether oxygens (including phenoxy) is 1. The first-order valence-electron chi connectivity index (χ1n) is 12.5. The number of likely N-dealkylation sites (N-methyl/N-ethyl adjacent to an activating group) is 1. The predicted molar refractivity (Wildman–Crippen MR) is 144 cm³/mol. The molecule has 2 aromatic heterocycles. The minimum atomic E-state index is -0.416. The van der Waals surface area contributed by atoms with Crippen molar-refractivity contribution in [3.63, 3.8) is 0 Å². The zero-order chi connectivity index (χ0) is 25.9. The molecule has 0 saturated carbocycles. The number of pyridine rings is 1. The standard InChI is InChI=1S/C28H31ClN4O4/c1-31(6-9-34)17-23-14-21-12-20(16-32-7-10-37-11-8-32)13-24-26(21)33(23)18-25(27(24)35)28(36)30-15-19-2-4-22(29)5-3-19/h2-5,12-14,18,34H,6-11,15-17H2,1H3,(H,30,36). The van der Waals surface area contributed by atoms with Crippen LogP contribution >= 0.6 is 11.6 Å². The number of halogens is 1. The maximum absolute atomic E-state index is 13.6. The van der Waals surface area contributed by atoms with Gasteiger partial charge in [-0.15, -0.1) is 0 Å². The van der Waals surface area contributed by atoms with Crippen LogP contribution in [0.3, 0.4) is 0 Å². The lowest BCUT2D eigenvalue weighted by molar-refractivity contribution is 0.0342. The van der Waals surface area contributed by atoms with Crippen molar-refractivity contribution in [2.24, 2.45) is 0 Å². The lowest BCUT2D eigenvalue weighted by Gasteiger charge is -2.26. The van der Waals surface area contributed by atoms with Crippen LogP contribution < -0.4 is 10.7 Å². The topological polar surface area (TPSA) is 86.5 Å². The van der Waals surface area contributed by atoms with Crippen molar-refractivity contribution < 1.29 is 14.6 Å². The van der Waals surface area contributed by atoms with E-state index in [0.29, 0.717) is 43.3 Å². The lowest BCUT2D eigenvalue weighted by Crippen LogP contribution is -2.35. The Morgan fingerprint density at radius 1 is 1.14 bits per heavy atom. The summed E-state index contributed by atoms with van der Waals surface area (Å²) in [6, 6.07) is 13.4. The number of nitrogens with one attached hydrogen (secondary N) is 1. The molecule has 2 aromatic carbocycles. The number of aliphatic hydroxyl groups excluding tert-OH is 1. The third-order valence-corrected chi connectivity index (χ3v) is 7.11. The largest absolute Gasteiger partial charge is 0.395 e. The molecule has 0 bridgehead atoms. The highest BCUT2D eigenvalue weighted by molar-refractivity contribution is 6.30. The van der Waals surface area contributed by atoms with E-state index in [1.807, 2.05) is 34.5 Å². The Morgan fingerprint density at radius 2 is 1.89 bits per heavy atom. The molecule has 0 spiro atoms. The second kappa shape index (κ2) is 11.2. The van der Waals surface area contributed by atoms with Gasteiger partial charge in [0, 0.05) is 67.0 Å². The summed E-state index contributed by atoms with van der Waals surface area (Å²) in [7, 11) is 1.93. The number of aromatic nitrogens is 1. The fourth-order valence-corrected chi connectivity index (χ4v) is 5.07. The number of amides is 1. The van der Waals surface area contributed by atoms with E-state index in [2.05, 4.69) is 22.3 Å². The van der Waals surface area contributed by atoms with Gasteiger partial charge in [-0.3, -0.25) is 19.4 Å². The van der Waals surface area contributed by atoms with E-state index >= 15 is 0 Å². The first-order valence-corrected chi connectivity index (χ1v) is 12.9. The van der Waals surface area contributed by atoms with E-state index in [9.17, 15) is 14.7 Å². The summed E-state index contributed by atoms with van der Waals surface area (Å²) < 4.78 is 7.43. The molecule has 8 nitrogen and oxygen atoms in total. The van der Waals surface area contributed by atoms with Crippen molar-refractivity contribution in [3.05, 3.63) is 86.3 Å². The molecule has 3 heterocycles. The molecule has 1 aliphatic heterocycles. The highest BCUT2D eigenvalue weighted by Crippen LogP contribution is 2.27. The summed E-state index contributed by atoms with van der Waals surface area (Å²) in [6.45, 7) is 5.24. The number of hydrogen-bond acceptors (Lipinski definition) is 6. The number of rotatable bonds is 9. The molecule has 9 heteroatoms. The second-order valence-electron chi connectivity index (χ2n) is 9.62. The number of hydrogen-bond donors (Lipinski definition) is 2. The minimum absolute atomic E-state index is 0.0539. The molecule has 37 heavy (non-hydrogen) atoms. The van der Waals surface area contributed by atoms with Crippen molar-refractivity contribution in [3.8, 4) is 0 Å². The molecule has 1 aliphatic rings. The van der Waals surface area contributed by atoms with Crippen LogP contribution in [0.1, 0.15) is 27.2 Å². The van der Waals surface area contributed by atoms with Gasteiger partial charge in [0.15, 0.2) is 0 Å². The van der Waals surface area contributed by atoms with Gasteiger partial charge in [-0.2, -0.15) is 0 Å². The summed E-state index contributed by atoms with van der Waals surface area (Å²) in [4.78, 5) is 31.2. The lowest BCUT2D eigenvalue weighted by atomic mass is 10.0. The van der Waals surface area contributed by atoms with Gasteiger partial charge in [0.25, 0.3) is 5.91 Å². The molecule has 4 aromatic rings. The molecule has 0 radical (unpaired) electrons. The fourth-order valence-electron chi connectivity index (χ4n) is 4.94. The van der Waals surface area contributed by atoms with Crippen LogP contribution in [0.25, 0.3) is 16.3 Å². The molecule has 0 unspecified atom stereocenters. The van der Waals surface area contributed by atoms with Gasteiger partial charge in [0.1, 0.15) is 5.56 Å². The van der Waals surface area contributed by atoms with E-state index < -0.39 is 5.91 Å². The van der Waals surface area contributed by atoms with Crippen LogP contribution in [-0.2, 0) is 24.4 Å². The molecule has 2 N–H and O–H groups in total. The molecule has 5 rings (SSSR count). The highest BCUT2D eigenvalue weighted by atomic mass is 35.5. The summed E-state index contributed by atoms with van der Waals surface area (Å²) in [6.07, 6.45) is 1.65. The molecule has 0 aliphatic carbocycles. The summed E-state index contributed by atoms with van der Waals surface area (Å²) in [5, 5.41) is 14.4. The summed E-state index contributed by atoms with van der Waals surface area (Å²) in [5.41, 5.74) is 3.53. The molecule has 1 saturated heterocycles. The SMILES string of the molecule is CN(CCO)Cc1cc2cc(CN3CCOCC3)cc3c(=O)c(C(=O)NCc4ccc(Cl)cc4)cn1c23. The number of carbonyl (C=O) groups is 1. The third kappa shape index (κ3) is 5.63. The zero-order valence-electron chi connectivity index (χ0n) is 20.9. The summed E-state index contributed by atoms with van der Waals surface area (Å²) >= 11 is 5.97. The number of nitrogens with zero attached hydrogens (tertiary/aromatic N) is 3. The van der Waals surface area contributed by atoms with Gasteiger partial charge in [-0.25, -0.2) is 0 Å². The van der Waals surface area contributed by atoms with Gasteiger partial charge in [-0.05, 0) is 48.5 Å². The van der Waals surface area contributed by atoms with Crippen LogP contribution in [0.5, 0.6) is 0 Å². The highest BCUT2D eigenvalue weighted by Gasteiger charge is 2.21. The maximum atomic E-state index is 13.6. The van der Waals surface area contributed by atoms with Gasteiger partial charge >= 0.3 is 0 Å². The van der Waals surface area contributed by atoms with E-state index in [0.717, 1.165) is 40.8 Å². The predicted octanol–water partition coefficient (Wildman–Crippen LogP) is 2.73. The Morgan fingerprint density at radius 3 is 2.62 bits per heavy atom. The molecule has 1 fully saturated rings. The van der Waals surface area contributed by atoms with Crippen LogP contribution in [0.15, 0.2) is 53.5 Å². The van der Waals surface area contributed by atoms with E-state index in [1.165, 1.54) is 0 Å². The van der Waals surface area contributed by atoms with Gasteiger partial charge in [0.2, 0.25) is 5.43 Å². The Hall–Kier alpha value is -3.01. The van der Waals surface area contributed by atoms with E-state index in [4.69, 9.17) is 16.3 Å². The van der Waals surface area contributed by atoms with Crippen molar-refractivity contribution >= 4 is 33.8 Å². The Kier molecular flexibility index (Phi) is 7.73. The molecule has 1 amide bonds. The molecular weight excluding hydrogens is 492 g/mol. The van der Waals surface area contributed by atoms with Crippen molar-refractivity contribution in [1.82, 2.24) is 19.5 Å². The van der Waals surface area contributed by atoms with Crippen molar-refractivity contribution in [2.45, 2.75) is 19.6 Å². The van der Waals surface area contributed by atoms with Gasteiger partial charge in [-0.1, -0.05) is 23.7 Å². The third-order valence-electron chi connectivity index (χ3n) is 6.85. The number of benzene rings is 2. The quantitative estimate of drug-likeness (QED) is 0.351. The second-order valence-corrected chi connectivity index (χ2v) is 10.1. The van der Waals surface area contributed by atoms with Crippen LogP contribution in [0, 0.1) is 0 Å². The minimum Gasteiger partial charge on any atom is -0.395 e. The number of morpholine rings is 1. The molecule has 194 valence electrons. The Labute approximate surface area is 220 Å². The fraction of sp³-hybridized carbons (Fsp3) is 0.357. The van der Waals surface area contributed by atoms with E-state index in [1.54, 1.807) is 18.3 Å². The van der Waals surface area contributed by atoms with Crippen LogP contribution in [0.2, 0.25) is 5.02 Å². The van der Waals surface area contributed by atoms with Gasteiger partial charge in [0.05, 0.1) is 25.3 Å². The average molecular weight is 523 g/mol. The zero-order valence-corrected chi connectivity index (χ0v) is 21.6. The normalized spacial score (nSPS) is 14.7. The van der Waals surface area contributed by atoms with Crippen molar-refractivity contribution in [1.29, 1.82) is 0 Å². The monoisotopic (exact) mass is 522 g/mol. The Bertz CT molecular complexity index is 1450. The van der Waals surface area contributed by atoms with Crippen LogP contribution in [0.4, 0.5) is 0 Å². The van der Waals surface area contributed by atoms with Gasteiger partial charge < -0.3 is 19.6 Å². The number of carbonyl (C=O) groups excluding carboxylic acids is 1. The smallest absolute Gasteiger partial charge is 0.257 e. The van der Waals surface area contributed by atoms with Crippen molar-refractivity contribution in [2.75, 3.05) is 46.5 Å². The summed E-state index contributed by atoms with van der Waals surface area (Å²) in [5.74, 6) is -0.416. The first-order chi connectivity index (χ1) is 17.9.